The first-order chi connectivity index (χ1) is 16.9. The highest BCUT2D eigenvalue weighted by molar-refractivity contribution is 6.07. The third kappa shape index (κ3) is 5.93. The number of rotatable bonds is 11. The number of carbonyl (C=O) groups excluding carboxylic acids is 1. The number of para-hydroxylation sites is 1. The molecule has 184 valence electrons. The van der Waals surface area contributed by atoms with E-state index in [1.165, 1.54) is 0 Å². The number of methoxy groups -OCH3 is 4. The van der Waals surface area contributed by atoms with Crippen LogP contribution in [0.25, 0.3) is 0 Å². The fourth-order valence-corrected chi connectivity index (χ4v) is 3.78. The Morgan fingerprint density at radius 1 is 0.686 bits per heavy atom. The third-order valence-corrected chi connectivity index (χ3v) is 6.02. The molecule has 2 atom stereocenters. The molecule has 0 heterocycles. The summed E-state index contributed by atoms with van der Waals surface area (Å²) in [6.07, 6.45) is 0. The van der Waals surface area contributed by atoms with Gasteiger partial charge in [-0.05, 0) is 48.5 Å². The van der Waals surface area contributed by atoms with Crippen molar-refractivity contribution in [1.82, 2.24) is 0 Å². The summed E-state index contributed by atoms with van der Waals surface area (Å²) >= 11 is 0. The van der Waals surface area contributed by atoms with Gasteiger partial charge in [-0.25, -0.2) is 0 Å². The van der Waals surface area contributed by atoms with Crippen molar-refractivity contribution in [1.29, 1.82) is 0 Å². The number of anilines is 1. The lowest BCUT2D eigenvalue weighted by Gasteiger charge is -2.22. The number of ketones is 1. The maximum atomic E-state index is 13.5. The van der Waals surface area contributed by atoms with Gasteiger partial charge in [0.1, 0.15) is 0 Å². The average Bonchev–Trinajstić information content (AvgIpc) is 2.92. The highest BCUT2D eigenvalue weighted by Gasteiger charge is 2.28. The molecule has 3 aromatic carbocycles. The lowest BCUT2D eigenvalue weighted by atomic mass is 9.83. The molecule has 0 fully saturated rings. The van der Waals surface area contributed by atoms with Gasteiger partial charge in [0.2, 0.25) is 0 Å². The Balaban J connectivity index is 1.98. The summed E-state index contributed by atoms with van der Waals surface area (Å²) in [5.41, 5.74) is 6.06. The van der Waals surface area contributed by atoms with E-state index >= 15 is 0 Å². The van der Waals surface area contributed by atoms with Gasteiger partial charge < -0.3 is 18.9 Å². The Bertz CT molecular complexity index is 1180. The van der Waals surface area contributed by atoms with Crippen LogP contribution >= 0.6 is 0 Å². The number of Topliss-reactive ketones (excluding diaryl/α,β-unsaturated/α-hetero) is 1. The van der Waals surface area contributed by atoms with Crippen molar-refractivity contribution in [3.05, 3.63) is 77.9 Å². The molecule has 3 rings (SSSR count). The maximum absolute atomic E-state index is 13.5. The Kier molecular flexibility index (Phi) is 8.73. The van der Waals surface area contributed by atoms with E-state index in [1.807, 2.05) is 62.4 Å². The normalized spacial score (nSPS) is 12.9. The standard InChI is InChI=1S/C28H32N2O5/c1-18(19(2)28(31)21-13-15-24(33-4)26(17-21)35-6)27(30-29-22-10-8-7-9-11-22)20-12-14-23(32-3)25(16-20)34-5/h7-19,29H,1-6H3/b30-27-. The average molecular weight is 477 g/mol. The predicted molar refractivity (Wildman–Crippen MR) is 138 cm³/mol. The molecule has 0 aliphatic heterocycles. The molecule has 3 aromatic rings. The number of carbonyl (C=O) groups is 1. The molecule has 35 heavy (non-hydrogen) atoms. The summed E-state index contributed by atoms with van der Waals surface area (Å²) in [4.78, 5) is 13.5. The highest BCUT2D eigenvalue weighted by atomic mass is 16.5. The molecule has 1 N–H and O–H groups in total. The molecule has 0 radical (unpaired) electrons. The number of nitrogens with zero attached hydrogens (tertiary/aromatic N) is 1. The minimum atomic E-state index is -0.377. The van der Waals surface area contributed by atoms with Gasteiger partial charge in [0.05, 0.1) is 39.8 Å². The van der Waals surface area contributed by atoms with E-state index in [1.54, 1.807) is 46.6 Å². The minimum Gasteiger partial charge on any atom is -0.493 e. The van der Waals surface area contributed by atoms with Gasteiger partial charge in [0.25, 0.3) is 0 Å². The van der Waals surface area contributed by atoms with Crippen LogP contribution in [0.15, 0.2) is 71.8 Å². The zero-order chi connectivity index (χ0) is 25.4. The monoisotopic (exact) mass is 476 g/mol. The van der Waals surface area contributed by atoms with E-state index in [9.17, 15) is 4.79 Å². The highest BCUT2D eigenvalue weighted by Crippen LogP contribution is 2.32. The molecule has 0 aromatic heterocycles. The number of hydrogen-bond acceptors (Lipinski definition) is 7. The van der Waals surface area contributed by atoms with Crippen LogP contribution in [-0.2, 0) is 0 Å². The summed E-state index contributed by atoms with van der Waals surface area (Å²) in [5, 5.41) is 4.73. The van der Waals surface area contributed by atoms with Gasteiger partial charge in [0, 0.05) is 23.0 Å². The number of hydrazone groups is 1. The minimum absolute atomic E-state index is 0.0219. The van der Waals surface area contributed by atoms with Gasteiger partial charge in [-0.3, -0.25) is 10.2 Å². The Labute approximate surface area is 206 Å². The second kappa shape index (κ2) is 11.9. The first-order valence-corrected chi connectivity index (χ1v) is 11.3. The van der Waals surface area contributed by atoms with Gasteiger partial charge in [0.15, 0.2) is 28.8 Å². The first-order valence-electron chi connectivity index (χ1n) is 11.3. The van der Waals surface area contributed by atoms with Crippen LogP contribution in [0.2, 0.25) is 0 Å². The van der Waals surface area contributed by atoms with Gasteiger partial charge >= 0.3 is 0 Å². The lowest BCUT2D eigenvalue weighted by Crippen LogP contribution is -2.27. The van der Waals surface area contributed by atoms with Crippen molar-refractivity contribution < 1.29 is 23.7 Å². The molecule has 0 aliphatic carbocycles. The number of benzene rings is 3. The van der Waals surface area contributed by atoms with Crippen molar-refractivity contribution in [2.45, 2.75) is 13.8 Å². The SMILES string of the molecule is COc1ccc(C(=O)C(C)C(C)/C(=N/Nc2ccccc2)c2ccc(OC)c(OC)c2)cc1OC. The number of ether oxygens (including phenoxy) is 4. The van der Waals surface area contributed by atoms with E-state index in [0.29, 0.717) is 28.6 Å². The van der Waals surface area contributed by atoms with E-state index in [4.69, 9.17) is 24.0 Å². The molecule has 0 saturated carbocycles. The van der Waals surface area contributed by atoms with Crippen molar-refractivity contribution >= 4 is 17.2 Å². The zero-order valence-electron chi connectivity index (χ0n) is 21.0. The van der Waals surface area contributed by atoms with Crippen molar-refractivity contribution in [2.75, 3.05) is 33.9 Å². The van der Waals surface area contributed by atoms with E-state index in [0.717, 1.165) is 17.0 Å². The van der Waals surface area contributed by atoms with Crippen LogP contribution in [0.3, 0.4) is 0 Å². The molecule has 7 nitrogen and oxygen atoms in total. The molecule has 0 aliphatic rings. The molecule has 0 saturated heterocycles. The summed E-state index contributed by atoms with van der Waals surface area (Å²) in [5.74, 6) is 1.66. The van der Waals surface area contributed by atoms with Crippen LogP contribution in [0.5, 0.6) is 23.0 Å². The summed E-state index contributed by atoms with van der Waals surface area (Å²) in [6.45, 7) is 3.90. The zero-order valence-corrected chi connectivity index (χ0v) is 21.0. The van der Waals surface area contributed by atoms with Gasteiger partial charge in [-0.2, -0.15) is 5.10 Å². The molecule has 0 spiro atoms. The van der Waals surface area contributed by atoms with Gasteiger partial charge in [-0.1, -0.05) is 32.0 Å². The lowest BCUT2D eigenvalue weighted by molar-refractivity contribution is 0.0912. The molecular formula is C28H32N2O5. The third-order valence-electron chi connectivity index (χ3n) is 6.02. The largest absolute Gasteiger partial charge is 0.493 e. The van der Waals surface area contributed by atoms with Crippen molar-refractivity contribution in [3.8, 4) is 23.0 Å². The van der Waals surface area contributed by atoms with Crippen LogP contribution < -0.4 is 24.4 Å². The smallest absolute Gasteiger partial charge is 0.166 e. The van der Waals surface area contributed by atoms with Crippen LogP contribution in [0, 0.1) is 11.8 Å². The molecule has 2 unspecified atom stereocenters. The number of nitrogens with one attached hydrogen (secondary N) is 1. The topological polar surface area (TPSA) is 78.4 Å². The Morgan fingerprint density at radius 3 is 1.74 bits per heavy atom. The van der Waals surface area contributed by atoms with Crippen molar-refractivity contribution in [3.63, 3.8) is 0 Å². The fraction of sp³-hybridized carbons (Fsp3) is 0.286. The predicted octanol–water partition coefficient (Wildman–Crippen LogP) is 5.69. The van der Waals surface area contributed by atoms with E-state index < -0.39 is 0 Å². The Morgan fingerprint density at radius 2 is 1.20 bits per heavy atom. The fourth-order valence-electron chi connectivity index (χ4n) is 3.78. The summed E-state index contributed by atoms with van der Waals surface area (Å²) < 4.78 is 21.6. The van der Waals surface area contributed by atoms with E-state index in [-0.39, 0.29) is 17.6 Å². The molecule has 0 bridgehead atoms. The summed E-state index contributed by atoms with van der Waals surface area (Å²) in [7, 11) is 6.30. The molecular weight excluding hydrogens is 444 g/mol. The Hall–Kier alpha value is -4.00. The van der Waals surface area contributed by atoms with Gasteiger partial charge in [-0.15, -0.1) is 0 Å². The molecule has 0 amide bonds. The first kappa shape index (κ1) is 25.6. The number of hydrogen-bond donors (Lipinski definition) is 1. The second-order valence-electron chi connectivity index (χ2n) is 8.06. The van der Waals surface area contributed by atoms with Crippen LogP contribution in [0.1, 0.15) is 29.8 Å². The maximum Gasteiger partial charge on any atom is 0.166 e. The van der Waals surface area contributed by atoms with Crippen LogP contribution in [0.4, 0.5) is 5.69 Å². The summed E-state index contributed by atoms with van der Waals surface area (Å²) in [6, 6.07) is 20.5. The quantitative estimate of drug-likeness (QED) is 0.218. The molecule has 7 heteroatoms. The van der Waals surface area contributed by atoms with Crippen molar-refractivity contribution in [2.24, 2.45) is 16.9 Å². The van der Waals surface area contributed by atoms with E-state index in [2.05, 4.69) is 5.43 Å². The van der Waals surface area contributed by atoms with Crippen LogP contribution in [-0.4, -0.2) is 39.9 Å². The second-order valence-corrected chi connectivity index (χ2v) is 8.06.